The fraction of sp³-hybridized carbons (Fsp3) is 0.593. The summed E-state index contributed by atoms with van der Waals surface area (Å²) < 4.78 is 2.02. The van der Waals surface area contributed by atoms with Crippen molar-refractivity contribution in [3.05, 3.63) is 54.1 Å². The zero-order chi connectivity index (χ0) is 23.0. The van der Waals surface area contributed by atoms with E-state index < -0.39 is 6.04 Å². The van der Waals surface area contributed by atoms with Crippen molar-refractivity contribution >= 4 is 11.8 Å². The van der Waals surface area contributed by atoms with E-state index in [2.05, 4.69) is 27.8 Å². The molecule has 0 radical (unpaired) electrons. The van der Waals surface area contributed by atoms with Crippen molar-refractivity contribution in [3.63, 3.8) is 0 Å². The summed E-state index contributed by atoms with van der Waals surface area (Å²) in [5.74, 6) is 2.21. The highest BCUT2D eigenvalue weighted by Crippen LogP contribution is 2.60. The summed E-state index contributed by atoms with van der Waals surface area (Å²) in [5.41, 5.74) is 2.01. The van der Waals surface area contributed by atoms with Crippen molar-refractivity contribution in [2.45, 2.75) is 71.5 Å². The molecule has 2 N–H and O–H groups in total. The Morgan fingerprint density at radius 3 is 2.18 bits per heavy atom. The van der Waals surface area contributed by atoms with Crippen LogP contribution in [0.15, 0.2) is 43.0 Å². The maximum absolute atomic E-state index is 13.5. The first-order valence-electron chi connectivity index (χ1n) is 12.5. The van der Waals surface area contributed by atoms with Crippen LogP contribution in [-0.4, -0.2) is 27.4 Å². The number of hydrogen-bond donors (Lipinski definition) is 2. The molecule has 1 aromatic heterocycles. The normalized spacial score (nSPS) is 28.6. The van der Waals surface area contributed by atoms with Gasteiger partial charge in [-0.25, -0.2) is 4.98 Å². The molecule has 4 bridgehead atoms. The Hall–Kier alpha value is -2.63. The van der Waals surface area contributed by atoms with E-state index in [0.29, 0.717) is 24.3 Å². The van der Waals surface area contributed by atoms with Gasteiger partial charge in [0.15, 0.2) is 0 Å². The summed E-state index contributed by atoms with van der Waals surface area (Å²) in [6.45, 7) is 5.25. The van der Waals surface area contributed by atoms with Gasteiger partial charge in [-0.2, -0.15) is 0 Å². The second kappa shape index (κ2) is 8.96. The molecule has 6 heteroatoms. The molecule has 2 amide bonds. The molecule has 6 nitrogen and oxygen atoms in total. The molecule has 0 spiro atoms. The number of aromatic nitrogens is 2. The molecule has 4 saturated carbocycles. The Kier molecular flexibility index (Phi) is 6.02. The maximum Gasteiger partial charge on any atom is 0.243 e. The predicted octanol–water partition coefficient (Wildman–Crippen LogP) is 3.90. The molecule has 1 heterocycles. The van der Waals surface area contributed by atoms with Crippen molar-refractivity contribution in [1.82, 2.24) is 20.2 Å². The van der Waals surface area contributed by atoms with Crippen LogP contribution in [0.4, 0.5) is 0 Å². The minimum atomic E-state index is -0.494. The fourth-order valence-corrected chi connectivity index (χ4v) is 6.87. The first kappa shape index (κ1) is 22.2. The lowest BCUT2D eigenvalue weighted by Gasteiger charge is -2.55. The Morgan fingerprint density at radius 2 is 1.64 bits per heavy atom. The molecule has 1 aromatic carbocycles. The van der Waals surface area contributed by atoms with Crippen LogP contribution >= 0.6 is 0 Å². The zero-order valence-corrected chi connectivity index (χ0v) is 19.8. The second-order valence-corrected chi connectivity index (χ2v) is 11.2. The Balaban J connectivity index is 1.17. The van der Waals surface area contributed by atoms with E-state index in [-0.39, 0.29) is 23.1 Å². The predicted molar refractivity (Wildman–Crippen MR) is 127 cm³/mol. The molecular weight excluding hydrogens is 412 g/mol. The number of carbonyl (C=O) groups excluding carboxylic acids is 2. The van der Waals surface area contributed by atoms with Gasteiger partial charge in [-0.15, -0.1) is 0 Å². The van der Waals surface area contributed by atoms with Crippen LogP contribution in [0.5, 0.6) is 0 Å². The molecule has 4 aliphatic rings. The Bertz CT molecular complexity index is 945. The van der Waals surface area contributed by atoms with E-state index in [0.717, 1.165) is 31.4 Å². The average molecular weight is 449 g/mol. The lowest BCUT2D eigenvalue weighted by Crippen LogP contribution is -2.58. The minimum Gasteiger partial charge on any atom is -0.350 e. The third-order valence-corrected chi connectivity index (χ3v) is 8.17. The van der Waals surface area contributed by atoms with E-state index in [4.69, 9.17) is 0 Å². The van der Waals surface area contributed by atoms with Crippen molar-refractivity contribution in [2.24, 2.45) is 29.1 Å². The third-order valence-electron chi connectivity index (χ3n) is 8.17. The van der Waals surface area contributed by atoms with Crippen LogP contribution in [0.3, 0.4) is 0 Å². The van der Waals surface area contributed by atoms with Gasteiger partial charge >= 0.3 is 0 Å². The molecule has 4 fully saturated rings. The summed E-state index contributed by atoms with van der Waals surface area (Å²) in [7, 11) is 0. The van der Waals surface area contributed by atoms with Gasteiger partial charge < -0.3 is 15.2 Å². The summed E-state index contributed by atoms with van der Waals surface area (Å²) in [5, 5.41) is 6.24. The monoisotopic (exact) mass is 448 g/mol. The molecule has 176 valence electrons. The van der Waals surface area contributed by atoms with Crippen LogP contribution < -0.4 is 10.6 Å². The number of nitrogens with zero attached hydrogens (tertiary/aromatic N) is 2. The van der Waals surface area contributed by atoms with Gasteiger partial charge in [-0.05, 0) is 73.3 Å². The number of benzene rings is 1. The molecule has 2 aromatic rings. The van der Waals surface area contributed by atoms with Crippen molar-refractivity contribution in [1.29, 1.82) is 0 Å². The van der Waals surface area contributed by atoms with E-state index in [1.807, 2.05) is 36.7 Å². The molecule has 0 aliphatic heterocycles. The lowest BCUT2D eigenvalue weighted by atomic mass is 9.49. The Morgan fingerprint density at radius 1 is 1.03 bits per heavy atom. The van der Waals surface area contributed by atoms with Crippen LogP contribution in [0.25, 0.3) is 0 Å². The van der Waals surface area contributed by atoms with Gasteiger partial charge in [0, 0.05) is 30.9 Å². The second-order valence-electron chi connectivity index (χ2n) is 11.2. The number of amides is 2. The summed E-state index contributed by atoms with van der Waals surface area (Å²) in [6.07, 6.45) is 12.5. The zero-order valence-electron chi connectivity index (χ0n) is 19.8. The van der Waals surface area contributed by atoms with Crippen LogP contribution in [0, 0.1) is 29.1 Å². The highest BCUT2D eigenvalue weighted by molar-refractivity contribution is 5.90. The first-order chi connectivity index (χ1) is 15.9. The highest BCUT2D eigenvalue weighted by Gasteiger charge is 2.55. The lowest BCUT2D eigenvalue weighted by molar-refractivity contribution is -0.149. The van der Waals surface area contributed by atoms with E-state index in [9.17, 15) is 9.59 Å². The fourth-order valence-electron chi connectivity index (χ4n) is 6.87. The number of hydrogen-bond acceptors (Lipinski definition) is 3. The van der Waals surface area contributed by atoms with Gasteiger partial charge in [-0.1, -0.05) is 38.1 Å². The SMILES string of the molecule is CC(C)C(NC(=O)C12CC3CC(CC(C3)C1)C2)C(=O)NCc1ccc(Cn2ccnc2)cc1. The topological polar surface area (TPSA) is 76.0 Å². The molecular formula is C27H36N4O2. The largest absolute Gasteiger partial charge is 0.350 e. The van der Waals surface area contributed by atoms with Crippen molar-refractivity contribution < 1.29 is 9.59 Å². The van der Waals surface area contributed by atoms with E-state index in [1.165, 1.54) is 24.8 Å². The molecule has 0 saturated heterocycles. The quantitative estimate of drug-likeness (QED) is 0.643. The van der Waals surface area contributed by atoms with Crippen molar-refractivity contribution in [2.75, 3.05) is 0 Å². The van der Waals surface area contributed by atoms with E-state index >= 15 is 0 Å². The van der Waals surface area contributed by atoms with Gasteiger partial charge in [0.25, 0.3) is 0 Å². The summed E-state index contributed by atoms with van der Waals surface area (Å²) in [4.78, 5) is 30.6. The smallest absolute Gasteiger partial charge is 0.243 e. The van der Waals surface area contributed by atoms with E-state index in [1.54, 1.807) is 12.5 Å². The van der Waals surface area contributed by atoms with Gasteiger partial charge in [-0.3, -0.25) is 9.59 Å². The molecule has 33 heavy (non-hydrogen) atoms. The van der Waals surface area contributed by atoms with Gasteiger partial charge in [0.1, 0.15) is 6.04 Å². The number of carbonyl (C=O) groups is 2. The number of nitrogens with one attached hydrogen (secondary N) is 2. The summed E-state index contributed by atoms with van der Waals surface area (Å²) in [6, 6.07) is 7.76. The van der Waals surface area contributed by atoms with Crippen LogP contribution in [-0.2, 0) is 22.7 Å². The average Bonchev–Trinajstić information content (AvgIpc) is 3.28. The van der Waals surface area contributed by atoms with Crippen LogP contribution in [0.2, 0.25) is 0 Å². The molecule has 1 unspecified atom stereocenters. The van der Waals surface area contributed by atoms with Gasteiger partial charge in [0.2, 0.25) is 11.8 Å². The number of imidazole rings is 1. The maximum atomic E-state index is 13.5. The van der Waals surface area contributed by atoms with Crippen LogP contribution in [0.1, 0.15) is 63.5 Å². The minimum absolute atomic E-state index is 0.0421. The highest BCUT2D eigenvalue weighted by atomic mass is 16.2. The first-order valence-corrected chi connectivity index (χ1v) is 12.5. The standard InChI is InChI=1S/C27H36N4O2/c1-18(2)24(30-26(33)27-12-21-9-22(13-27)11-23(10-21)14-27)25(32)29-15-19-3-5-20(6-4-19)16-31-8-7-28-17-31/h3-8,17-18,21-24H,9-16H2,1-2H3,(H,29,32)(H,30,33). The third kappa shape index (κ3) is 4.71. The molecule has 4 aliphatic carbocycles. The molecule has 6 rings (SSSR count). The van der Waals surface area contributed by atoms with Crippen molar-refractivity contribution in [3.8, 4) is 0 Å². The van der Waals surface area contributed by atoms with Gasteiger partial charge in [0.05, 0.1) is 6.33 Å². The summed E-state index contributed by atoms with van der Waals surface area (Å²) >= 11 is 0. The molecule has 1 atom stereocenters. The Labute approximate surface area is 196 Å². The number of rotatable bonds is 8.